The molecule has 0 spiro atoms. The van der Waals surface area contributed by atoms with Crippen LogP contribution >= 0.6 is 11.3 Å². The van der Waals surface area contributed by atoms with Crippen molar-refractivity contribution >= 4 is 21.4 Å². The number of hydrogen-bond acceptors (Lipinski definition) is 2. The topological polar surface area (TPSA) is 12.0 Å². The summed E-state index contributed by atoms with van der Waals surface area (Å²) in [5, 5.41) is 5.76. The maximum Gasteiger partial charge on any atom is 0.397 e. The van der Waals surface area contributed by atoms with E-state index in [4.69, 9.17) is 0 Å². The molecule has 0 aliphatic rings. The summed E-state index contributed by atoms with van der Waals surface area (Å²) >= 11 is 1.47. The van der Waals surface area contributed by atoms with Gasteiger partial charge in [0.25, 0.3) is 0 Å². The van der Waals surface area contributed by atoms with Gasteiger partial charge in [0.1, 0.15) is 0 Å². The van der Waals surface area contributed by atoms with Crippen molar-refractivity contribution in [3.8, 4) is 0 Å². The van der Waals surface area contributed by atoms with Gasteiger partial charge in [0, 0.05) is 10.7 Å². The van der Waals surface area contributed by atoms with Crippen molar-refractivity contribution < 1.29 is 13.2 Å². The number of thiophene rings is 1. The molecule has 1 aromatic carbocycles. The average molecular weight is 287 g/mol. The largest absolute Gasteiger partial charge is 0.397 e. The first-order valence-corrected chi connectivity index (χ1v) is 7.08. The molecule has 2 rings (SSSR count). The van der Waals surface area contributed by atoms with E-state index >= 15 is 0 Å². The molecule has 0 saturated heterocycles. The molecule has 2 atom stereocenters. The summed E-state index contributed by atoms with van der Waals surface area (Å²) in [4.78, 5) is 0. The lowest BCUT2D eigenvalue weighted by atomic mass is 9.91. The minimum atomic E-state index is -4.24. The Morgan fingerprint density at radius 1 is 1.26 bits per heavy atom. The lowest BCUT2D eigenvalue weighted by Gasteiger charge is -2.27. The Hall–Kier alpha value is -1.07. The van der Waals surface area contributed by atoms with Gasteiger partial charge in [-0.15, -0.1) is 11.3 Å². The molecule has 1 N–H and O–H groups in total. The summed E-state index contributed by atoms with van der Waals surface area (Å²) in [5.74, 6) is -1.47. The van der Waals surface area contributed by atoms with Crippen molar-refractivity contribution in [1.82, 2.24) is 5.32 Å². The fourth-order valence-corrected chi connectivity index (χ4v) is 3.20. The maximum atomic E-state index is 13.3. The molecule has 19 heavy (non-hydrogen) atoms. The zero-order valence-electron chi connectivity index (χ0n) is 10.8. The minimum absolute atomic E-state index is 0.330. The average Bonchev–Trinajstić information content (AvgIpc) is 2.74. The lowest BCUT2D eigenvalue weighted by molar-refractivity contribution is -0.156. The monoisotopic (exact) mass is 287 g/mol. The number of halogens is 3. The summed E-state index contributed by atoms with van der Waals surface area (Å²) in [6.07, 6.45) is -4.24. The van der Waals surface area contributed by atoms with Crippen LogP contribution in [0.25, 0.3) is 10.1 Å². The first kappa shape index (κ1) is 14.3. The Kier molecular flexibility index (Phi) is 4.16. The molecule has 0 radical (unpaired) electrons. The smallest absolute Gasteiger partial charge is 0.314 e. The van der Waals surface area contributed by atoms with Gasteiger partial charge in [-0.1, -0.05) is 19.1 Å². The van der Waals surface area contributed by atoms with Gasteiger partial charge in [-0.3, -0.25) is 0 Å². The van der Waals surface area contributed by atoms with E-state index in [1.54, 1.807) is 25.1 Å². The molecule has 5 heteroatoms. The summed E-state index contributed by atoms with van der Waals surface area (Å²) < 4.78 is 40.7. The van der Waals surface area contributed by atoms with Gasteiger partial charge in [-0.05, 0) is 41.9 Å². The number of benzene rings is 1. The van der Waals surface area contributed by atoms with Crippen LogP contribution in [0, 0.1) is 0 Å². The number of fused-ring (bicyclic) bond motifs is 1. The summed E-state index contributed by atoms with van der Waals surface area (Å²) in [6.45, 7) is 3.92. The Labute approximate surface area is 114 Å². The SMILES string of the molecule is CCNC(C)C(c1ccc2ccsc2c1)C(F)(F)F. The van der Waals surface area contributed by atoms with Crippen LogP contribution in [0.5, 0.6) is 0 Å². The van der Waals surface area contributed by atoms with Crippen LogP contribution in [0.15, 0.2) is 29.6 Å². The van der Waals surface area contributed by atoms with E-state index < -0.39 is 18.1 Å². The maximum absolute atomic E-state index is 13.3. The molecule has 0 aliphatic heterocycles. The first-order chi connectivity index (χ1) is 8.93. The molecule has 104 valence electrons. The van der Waals surface area contributed by atoms with Gasteiger partial charge in [-0.25, -0.2) is 0 Å². The molecular weight excluding hydrogens is 271 g/mol. The highest BCUT2D eigenvalue weighted by molar-refractivity contribution is 7.17. The number of alkyl halides is 3. The number of hydrogen-bond donors (Lipinski definition) is 1. The second kappa shape index (κ2) is 5.51. The number of rotatable bonds is 4. The fourth-order valence-electron chi connectivity index (χ4n) is 2.37. The predicted molar refractivity (Wildman–Crippen MR) is 73.8 cm³/mol. The second-order valence-corrected chi connectivity index (χ2v) is 5.53. The standard InChI is InChI=1S/C14H16F3NS/c1-3-18-9(2)13(14(15,16)17)11-5-4-10-6-7-19-12(10)8-11/h4-9,13,18H,3H2,1-2H3. The van der Waals surface area contributed by atoms with Crippen LogP contribution in [-0.2, 0) is 0 Å². The quantitative estimate of drug-likeness (QED) is 0.870. The summed E-state index contributed by atoms with van der Waals surface area (Å²) in [6, 6.07) is 6.29. The second-order valence-electron chi connectivity index (χ2n) is 4.58. The van der Waals surface area contributed by atoms with Crippen molar-refractivity contribution in [2.75, 3.05) is 6.54 Å². The van der Waals surface area contributed by atoms with E-state index in [1.807, 2.05) is 18.4 Å². The van der Waals surface area contributed by atoms with E-state index in [2.05, 4.69) is 5.32 Å². The third-order valence-electron chi connectivity index (χ3n) is 3.22. The van der Waals surface area contributed by atoms with E-state index in [9.17, 15) is 13.2 Å². The highest BCUT2D eigenvalue weighted by Gasteiger charge is 2.43. The van der Waals surface area contributed by atoms with Crippen LogP contribution in [0.4, 0.5) is 13.2 Å². The van der Waals surface area contributed by atoms with Crippen LogP contribution < -0.4 is 5.32 Å². The van der Waals surface area contributed by atoms with Crippen molar-refractivity contribution in [2.45, 2.75) is 32.0 Å². The Balaban J connectivity index is 2.41. The van der Waals surface area contributed by atoms with E-state index in [-0.39, 0.29) is 0 Å². The molecule has 2 aromatic rings. The van der Waals surface area contributed by atoms with Crippen LogP contribution in [-0.4, -0.2) is 18.8 Å². The zero-order chi connectivity index (χ0) is 14.0. The predicted octanol–water partition coefficient (Wildman–Crippen LogP) is 4.55. The molecule has 2 unspecified atom stereocenters. The Bertz CT molecular complexity index is 547. The van der Waals surface area contributed by atoms with Gasteiger partial charge in [0.2, 0.25) is 0 Å². The van der Waals surface area contributed by atoms with Crippen molar-refractivity contribution in [2.24, 2.45) is 0 Å². The van der Waals surface area contributed by atoms with Gasteiger partial charge < -0.3 is 5.32 Å². The highest BCUT2D eigenvalue weighted by atomic mass is 32.1. The molecule has 0 amide bonds. The molecule has 0 saturated carbocycles. The third kappa shape index (κ3) is 3.09. The van der Waals surface area contributed by atoms with Crippen LogP contribution in [0.3, 0.4) is 0 Å². The van der Waals surface area contributed by atoms with E-state index in [1.165, 1.54) is 11.3 Å². The molecular formula is C14H16F3NS. The zero-order valence-corrected chi connectivity index (χ0v) is 11.6. The summed E-state index contributed by atoms with van der Waals surface area (Å²) in [7, 11) is 0. The van der Waals surface area contributed by atoms with Gasteiger partial charge >= 0.3 is 6.18 Å². The van der Waals surface area contributed by atoms with Gasteiger partial charge in [-0.2, -0.15) is 13.2 Å². The van der Waals surface area contributed by atoms with E-state index in [0.717, 1.165) is 10.1 Å². The first-order valence-electron chi connectivity index (χ1n) is 6.20. The van der Waals surface area contributed by atoms with E-state index in [0.29, 0.717) is 12.1 Å². The minimum Gasteiger partial charge on any atom is -0.314 e. The van der Waals surface area contributed by atoms with Crippen LogP contribution in [0.1, 0.15) is 25.3 Å². The van der Waals surface area contributed by atoms with Gasteiger partial charge in [0.15, 0.2) is 0 Å². The van der Waals surface area contributed by atoms with Crippen molar-refractivity contribution in [1.29, 1.82) is 0 Å². The lowest BCUT2D eigenvalue weighted by Crippen LogP contribution is -2.39. The molecule has 0 bridgehead atoms. The van der Waals surface area contributed by atoms with Gasteiger partial charge in [0.05, 0.1) is 5.92 Å². The fraction of sp³-hybridized carbons (Fsp3) is 0.429. The Morgan fingerprint density at radius 3 is 2.63 bits per heavy atom. The Morgan fingerprint density at radius 2 is 2.00 bits per heavy atom. The number of likely N-dealkylation sites (N-methyl/N-ethyl adjacent to an activating group) is 1. The summed E-state index contributed by atoms with van der Waals surface area (Å²) in [5.41, 5.74) is 0.330. The molecule has 1 aromatic heterocycles. The normalized spacial score (nSPS) is 15.6. The molecule has 1 heterocycles. The highest BCUT2D eigenvalue weighted by Crippen LogP contribution is 2.39. The number of nitrogens with one attached hydrogen (secondary N) is 1. The third-order valence-corrected chi connectivity index (χ3v) is 4.10. The molecule has 1 nitrogen and oxygen atoms in total. The molecule has 0 fully saturated rings. The molecule has 0 aliphatic carbocycles. The van der Waals surface area contributed by atoms with Crippen molar-refractivity contribution in [3.63, 3.8) is 0 Å². The van der Waals surface area contributed by atoms with Crippen molar-refractivity contribution in [3.05, 3.63) is 35.2 Å². The van der Waals surface area contributed by atoms with Crippen LogP contribution in [0.2, 0.25) is 0 Å².